The molecular formula is C12H14BrFN2S. The van der Waals surface area contributed by atoms with E-state index in [0.717, 1.165) is 16.1 Å². The van der Waals surface area contributed by atoms with Crippen LogP contribution in [0.15, 0.2) is 29.3 Å². The fraction of sp³-hybridized carbons (Fsp3) is 0.417. The van der Waals surface area contributed by atoms with Crippen molar-refractivity contribution in [2.24, 2.45) is 4.99 Å². The number of aliphatic imine (C=N–C) groups is 1. The summed E-state index contributed by atoms with van der Waals surface area (Å²) in [5, 5.41) is 5.81. The molecule has 0 aliphatic carbocycles. The van der Waals surface area contributed by atoms with Gasteiger partial charge in [-0.05, 0) is 24.6 Å². The summed E-state index contributed by atoms with van der Waals surface area (Å²) >= 11 is 5.25. The molecule has 92 valence electrons. The average molecular weight is 317 g/mol. The molecule has 2 nitrogen and oxygen atoms in total. The second kappa shape index (κ2) is 5.87. The van der Waals surface area contributed by atoms with E-state index in [9.17, 15) is 4.39 Å². The molecule has 1 fully saturated rings. The van der Waals surface area contributed by atoms with Crippen molar-refractivity contribution in [1.29, 1.82) is 0 Å². The maximum Gasteiger partial charge on any atom is 0.157 e. The van der Waals surface area contributed by atoms with Crippen LogP contribution in [-0.4, -0.2) is 21.8 Å². The van der Waals surface area contributed by atoms with Crippen LogP contribution in [0.3, 0.4) is 0 Å². The van der Waals surface area contributed by atoms with Crippen LogP contribution >= 0.6 is 27.7 Å². The first-order valence-corrected chi connectivity index (χ1v) is 7.47. The highest BCUT2D eigenvalue weighted by Crippen LogP contribution is 2.25. The van der Waals surface area contributed by atoms with Crippen LogP contribution in [0.1, 0.15) is 12.5 Å². The van der Waals surface area contributed by atoms with Crippen LogP contribution in [0.25, 0.3) is 0 Å². The highest BCUT2D eigenvalue weighted by atomic mass is 79.9. The molecule has 2 atom stereocenters. The number of hydrogen-bond acceptors (Lipinski definition) is 2. The number of nitrogens with zero attached hydrogens (tertiary/aromatic N) is 1. The van der Waals surface area contributed by atoms with Crippen molar-refractivity contribution in [3.8, 4) is 0 Å². The van der Waals surface area contributed by atoms with Gasteiger partial charge in [0, 0.05) is 16.6 Å². The van der Waals surface area contributed by atoms with E-state index in [1.54, 1.807) is 23.9 Å². The lowest BCUT2D eigenvalue weighted by Gasteiger charge is -2.07. The zero-order chi connectivity index (χ0) is 12.3. The smallest absolute Gasteiger partial charge is 0.157 e. The summed E-state index contributed by atoms with van der Waals surface area (Å²) in [6, 6.07) is 6.91. The van der Waals surface area contributed by atoms with Crippen LogP contribution in [-0.2, 0) is 6.54 Å². The fourth-order valence-electron chi connectivity index (χ4n) is 1.57. The lowest BCUT2D eigenvalue weighted by Crippen LogP contribution is -2.28. The number of amidine groups is 1. The van der Waals surface area contributed by atoms with Gasteiger partial charge >= 0.3 is 0 Å². The molecule has 0 aromatic heterocycles. The third kappa shape index (κ3) is 3.45. The Morgan fingerprint density at radius 3 is 2.71 bits per heavy atom. The van der Waals surface area contributed by atoms with Crippen molar-refractivity contribution in [1.82, 2.24) is 5.32 Å². The van der Waals surface area contributed by atoms with Crippen molar-refractivity contribution in [3.63, 3.8) is 0 Å². The van der Waals surface area contributed by atoms with Crippen molar-refractivity contribution in [2.75, 3.05) is 5.33 Å². The highest BCUT2D eigenvalue weighted by Gasteiger charge is 2.27. The van der Waals surface area contributed by atoms with E-state index < -0.39 is 0 Å². The molecule has 1 aromatic rings. The molecular weight excluding hydrogens is 303 g/mol. The summed E-state index contributed by atoms with van der Waals surface area (Å²) < 4.78 is 12.7. The molecule has 2 unspecified atom stereocenters. The predicted molar refractivity (Wildman–Crippen MR) is 75.3 cm³/mol. The Morgan fingerprint density at radius 1 is 1.41 bits per heavy atom. The van der Waals surface area contributed by atoms with E-state index >= 15 is 0 Å². The second-order valence-corrected chi connectivity index (χ2v) is 5.87. The van der Waals surface area contributed by atoms with Gasteiger partial charge in [0.2, 0.25) is 0 Å². The Balaban J connectivity index is 1.95. The van der Waals surface area contributed by atoms with Gasteiger partial charge < -0.3 is 5.32 Å². The highest BCUT2D eigenvalue weighted by molar-refractivity contribution is 9.09. The topological polar surface area (TPSA) is 24.4 Å². The number of rotatable bonds is 3. The van der Waals surface area contributed by atoms with Crippen molar-refractivity contribution < 1.29 is 4.39 Å². The van der Waals surface area contributed by atoms with Crippen molar-refractivity contribution in [3.05, 3.63) is 35.6 Å². The Hall–Kier alpha value is -0.550. The van der Waals surface area contributed by atoms with Gasteiger partial charge in [0.25, 0.3) is 0 Å². The second-order valence-electron chi connectivity index (χ2n) is 3.99. The van der Waals surface area contributed by atoms with Crippen LogP contribution in [0.2, 0.25) is 0 Å². The normalized spacial score (nSPS) is 26.2. The number of benzene rings is 1. The Kier molecular flexibility index (Phi) is 4.45. The summed E-state index contributed by atoms with van der Waals surface area (Å²) in [6.07, 6.45) is 0. The summed E-state index contributed by atoms with van der Waals surface area (Å²) in [6.45, 7) is 2.75. The molecule has 1 heterocycles. The van der Waals surface area contributed by atoms with E-state index in [1.165, 1.54) is 12.1 Å². The lowest BCUT2D eigenvalue weighted by molar-refractivity contribution is 0.627. The quantitative estimate of drug-likeness (QED) is 0.866. The third-order valence-corrected chi connectivity index (χ3v) is 5.12. The van der Waals surface area contributed by atoms with Crippen LogP contribution < -0.4 is 5.32 Å². The Morgan fingerprint density at radius 2 is 2.12 bits per heavy atom. The zero-order valence-corrected chi connectivity index (χ0v) is 11.9. The van der Waals surface area contributed by atoms with Gasteiger partial charge in [0.1, 0.15) is 5.82 Å². The monoisotopic (exact) mass is 316 g/mol. The van der Waals surface area contributed by atoms with E-state index in [2.05, 4.69) is 33.2 Å². The van der Waals surface area contributed by atoms with Gasteiger partial charge in [-0.2, -0.15) is 0 Å². The molecule has 2 rings (SSSR count). The largest absolute Gasteiger partial charge is 0.361 e. The summed E-state index contributed by atoms with van der Waals surface area (Å²) in [5.41, 5.74) is 1.02. The zero-order valence-electron chi connectivity index (χ0n) is 9.49. The SMILES string of the molecule is CC1NC(=NCc2ccc(F)cc2)SC1CBr. The molecule has 1 aromatic carbocycles. The maximum atomic E-state index is 12.7. The molecule has 1 N–H and O–H groups in total. The van der Waals surface area contributed by atoms with Crippen molar-refractivity contribution in [2.45, 2.75) is 24.8 Å². The Bertz CT molecular complexity index is 407. The van der Waals surface area contributed by atoms with Gasteiger partial charge in [-0.1, -0.05) is 39.8 Å². The number of hydrogen-bond donors (Lipinski definition) is 1. The predicted octanol–water partition coefficient (Wildman–Crippen LogP) is 3.17. The molecule has 17 heavy (non-hydrogen) atoms. The average Bonchev–Trinajstić information content (AvgIpc) is 2.69. The molecule has 1 aliphatic heterocycles. The van der Waals surface area contributed by atoms with Gasteiger partial charge in [0.15, 0.2) is 5.17 Å². The molecule has 0 saturated carbocycles. The number of nitrogens with one attached hydrogen (secondary N) is 1. The molecule has 0 radical (unpaired) electrons. The van der Waals surface area contributed by atoms with E-state index in [1.807, 2.05) is 0 Å². The first-order valence-electron chi connectivity index (χ1n) is 5.47. The van der Waals surface area contributed by atoms with Crippen LogP contribution in [0.5, 0.6) is 0 Å². The maximum absolute atomic E-state index is 12.7. The molecule has 1 aliphatic rings. The van der Waals surface area contributed by atoms with Crippen LogP contribution in [0.4, 0.5) is 4.39 Å². The minimum absolute atomic E-state index is 0.206. The van der Waals surface area contributed by atoms with Gasteiger partial charge in [-0.3, -0.25) is 4.99 Å². The van der Waals surface area contributed by atoms with Gasteiger partial charge in [-0.15, -0.1) is 0 Å². The minimum Gasteiger partial charge on any atom is -0.361 e. The number of thioether (sulfide) groups is 1. The minimum atomic E-state index is -0.206. The third-order valence-electron chi connectivity index (χ3n) is 2.64. The number of alkyl halides is 1. The molecule has 0 amide bonds. The van der Waals surface area contributed by atoms with E-state index in [4.69, 9.17) is 0 Å². The first kappa shape index (κ1) is 12.9. The molecule has 0 bridgehead atoms. The number of halogens is 2. The fourth-order valence-corrected chi connectivity index (χ4v) is 3.54. The Labute approximate surface area is 113 Å². The first-order chi connectivity index (χ1) is 8.19. The van der Waals surface area contributed by atoms with E-state index in [-0.39, 0.29) is 5.82 Å². The summed E-state index contributed by atoms with van der Waals surface area (Å²) in [4.78, 5) is 4.50. The van der Waals surface area contributed by atoms with Gasteiger partial charge in [-0.25, -0.2) is 4.39 Å². The summed E-state index contributed by atoms with van der Waals surface area (Å²) in [7, 11) is 0. The molecule has 0 spiro atoms. The molecule has 1 saturated heterocycles. The lowest BCUT2D eigenvalue weighted by atomic mass is 10.2. The van der Waals surface area contributed by atoms with E-state index in [0.29, 0.717) is 17.8 Å². The summed E-state index contributed by atoms with van der Waals surface area (Å²) in [5.74, 6) is -0.206. The molecule has 5 heteroatoms. The van der Waals surface area contributed by atoms with Crippen molar-refractivity contribution >= 4 is 32.9 Å². The standard InChI is InChI=1S/C12H14BrFN2S/c1-8-11(6-13)17-12(16-8)15-7-9-2-4-10(14)5-3-9/h2-5,8,11H,6-7H2,1H3,(H,15,16). The van der Waals surface area contributed by atoms with Crippen LogP contribution in [0, 0.1) is 5.82 Å². The van der Waals surface area contributed by atoms with Gasteiger partial charge in [0.05, 0.1) is 6.54 Å².